The average Bonchev–Trinajstić information content (AvgIpc) is 2.84. The fourth-order valence-electron chi connectivity index (χ4n) is 7.93. The molecule has 3 aliphatic rings. The van der Waals surface area contributed by atoms with Gasteiger partial charge < -0.3 is 0 Å². The zero-order valence-corrected chi connectivity index (χ0v) is 27.2. The molecule has 0 heterocycles. The van der Waals surface area contributed by atoms with E-state index in [1.165, 1.54) is 77.5 Å². The molecule has 3 heteroatoms. The fourth-order valence-corrected chi connectivity index (χ4v) is 21.3. The van der Waals surface area contributed by atoms with E-state index in [-0.39, 0.29) is 16.8 Å². The second-order valence-electron chi connectivity index (χ2n) is 13.1. The van der Waals surface area contributed by atoms with Crippen LogP contribution in [0.1, 0.15) is 126 Å². The zero-order valence-electron chi connectivity index (χ0n) is 24.3. The Balaban J connectivity index is 1.89. The number of unbranched alkanes of at least 4 members (excludes halogenated alkanes) is 3. The Labute approximate surface area is 222 Å². The van der Waals surface area contributed by atoms with Gasteiger partial charge in [0.1, 0.15) is 0 Å². The van der Waals surface area contributed by atoms with E-state index in [2.05, 4.69) is 60.6 Å². The minimum atomic E-state index is -2.99. The first kappa shape index (κ1) is 29.3. The Kier molecular flexibility index (Phi) is 10.5. The Bertz CT molecular complexity index is 759. The Morgan fingerprint density at radius 3 is 2.17 bits per heavy atom. The van der Waals surface area contributed by atoms with Crippen LogP contribution in [0, 0.1) is 28.6 Å². The molecule has 0 aromatic heterocycles. The first-order valence-electron chi connectivity index (χ1n) is 15.3. The topological polar surface area (TPSA) is 26.3 Å². The summed E-state index contributed by atoms with van der Waals surface area (Å²) in [4.78, 5) is 14.3. The summed E-state index contributed by atoms with van der Waals surface area (Å²) >= 11 is -2.99. The van der Waals surface area contributed by atoms with Crippen molar-refractivity contribution in [1.82, 2.24) is 0 Å². The molecule has 0 amide bonds. The van der Waals surface area contributed by atoms with Crippen molar-refractivity contribution < 1.29 is 7.87 Å². The predicted octanol–water partition coefficient (Wildman–Crippen LogP) is 10.0. The first-order valence-corrected chi connectivity index (χ1v) is 22.5. The monoisotopic (exact) mass is 592 g/mol. The van der Waals surface area contributed by atoms with E-state index in [9.17, 15) is 4.79 Å². The third kappa shape index (κ3) is 6.25. The van der Waals surface area contributed by atoms with Gasteiger partial charge in [-0.15, -0.1) is 0 Å². The summed E-state index contributed by atoms with van der Waals surface area (Å²) in [6.45, 7) is 16.4. The second-order valence-corrected chi connectivity index (χ2v) is 24.7. The maximum atomic E-state index is 14.3. The molecular formula is C32H56O2Sn. The van der Waals surface area contributed by atoms with Crippen molar-refractivity contribution in [3.8, 4) is 0 Å². The van der Waals surface area contributed by atoms with Gasteiger partial charge in [-0.05, 0) is 0 Å². The van der Waals surface area contributed by atoms with Crippen LogP contribution in [0.4, 0.5) is 0 Å². The van der Waals surface area contributed by atoms with Gasteiger partial charge in [-0.25, -0.2) is 0 Å². The van der Waals surface area contributed by atoms with Crippen molar-refractivity contribution in [3.63, 3.8) is 0 Å². The van der Waals surface area contributed by atoms with Crippen molar-refractivity contribution >= 4 is 24.8 Å². The van der Waals surface area contributed by atoms with E-state index >= 15 is 0 Å². The minimum absolute atomic E-state index is 0.221. The summed E-state index contributed by atoms with van der Waals surface area (Å²) in [5.74, 6) is 1.90. The van der Waals surface area contributed by atoms with Crippen LogP contribution in [-0.4, -0.2) is 24.8 Å². The van der Waals surface area contributed by atoms with E-state index in [0.29, 0.717) is 17.8 Å². The standard InChI is InChI=1S/C20H30O2.3C4H9.Sn/c1-13(2)14-6-8-16-15(12-14)7-9-17-19(16,3)10-5-11-20(17,4)18(21)22;3*1-3-4-2;/h7,12-13,16-17H,5-6,8-11H2,1-4H3,(H,21,22);3*1,3-4H2,2H3;/q;;;;+1/p-1/t16-,17+,19+,20-;;;;/m1..../s1. The van der Waals surface area contributed by atoms with Crippen molar-refractivity contribution in [3.05, 3.63) is 23.3 Å². The summed E-state index contributed by atoms with van der Waals surface area (Å²) in [7, 11) is 0. The second kappa shape index (κ2) is 12.5. The molecule has 0 saturated heterocycles. The van der Waals surface area contributed by atoms with Gasteiger partial charge in [0.25, 0.3) is 0 Å². The third-order valence-corrected chi connectivity index (χ3v) is 22.9. The molecule has 3 aliphatic carbocycles. The number of carbonyl (C=O) groups excluding carboxylic acids is 1. The van der Waals surface area contributed by atoms with Crippen LogP contribution in [0.2, 0.25) is 13.3 Å². The molecule has 35 heavy (non-hydrogen) atoms. The van der Waals surface area contributed by atoms with Crippen LogP contribution in [0.15, 0.2) is 23.3 Å². The molecule has 4 atom stereocenters. The summed E-state index contributed by atoms with van der Waals surface area (Å²) < 4.78 is 10.7. The molecule has 0 aliphatic heterocycles. The summed E-state index contributed by atoms with van der Waals surface area (Å²) in [6.07, 6.45) is 19.4. The molecule has 1 fully saturated rings. The fraction of sp³-hybridized carbons (Fsp3) is 0.844. The van der Waals surface area contributed by atoms with E-state index in [4.69, 9.17) is 3.07 Å². The third-order valence-electron chi connectivity index (χ3n) is 10.3. The number of rotatable bonds is 12. The SMILES string of the molecule is CCC[CH2][Sn]([CH2]CCC)([CH2]CCC)[O]C(=O)[C@]1(C)CCC[C@@]2(C)[C@@H]3CCC(C(C)C)=CC3=CC[C@@H]21. The number of carbonyl (C=O) groups is 1. The van der Waals surface area contributed by atoms with Crippen LogP contribution in [0.5, 0.6) is 0 Å². The maximum absolute atomic E-state index is 14.3. The van der Waals surface area contributed by atoms with Crippen LogP contribution in [0.3, 0.4) is 0 Å². The predicted molar refractivity (Wildman–Crippen MR) is 153 cm³/mol. The molecule has 0 spiro atoms. The van der Waals surface area contributed by atoms with E-state index < -0.39 is 18.8 Å². The molecule has 0 aromatic rings. The number of hydrogen-bond donors (Lipinski definition) is 0. The Morgan fingerprint density at radius 2 is 1.63 bits per heavy atom. The van der Waals surface area contributed by atoms with Gasteiger partial charge in [0, 0.05) is 0 Å². The van der Waals surface area contributed by atoms with Crippen LogP contribution in [0.25, 0.3) is 0 Å². The van der Waals surface area contributed by atoms with E-state index in [1.807, 2.05) is 0 Å². The molecule has 0 unspecified atom stereocenters. The van der Waals surface area contributed by atoms with Crippen molar-refractivity contribution in [1.29, 1.82) is 0 Å². The van der Waals surface area contributed by atoms with Gasteiger partial charge in [-0.1, -0.05) is 0 Å². The molecule has 0 bridgehead atoms. The van der Waals surface area contributed by atoms with E-state index in [0.717, 1.165) is 12.8 Å². The Morgan fingerprint density at radius 1 is 1.03 bits per heavy atom. The summed E-state index contributed by atoms with van der Waals surface area (Å²) in [5, 5.41) is 0. The number of allylic oxidation sites excluding steroid dienone is 4. The van der Waals surface area contributed by atoms with Crippen molar-refractivity contribution in [2.45, 2.75) is 139 Å². The number of fused-ring (bicyclic) bond motifs is 3. The molecule has 1 saturated carbocycles. The van der Waals surface area contributed by atoms with Crippen LogP contribution < -0.4 is 0 Å². The molecule has 0 N–H and O–H groups in total. The summed E-state index contributed by atoms with van der Waals surface area (Å²) in [5.41, 5.74) is 3.11. The van der Waals surface area contributed by atoms with Gasteiger partial charge in [0.2, 0.25) is 0 Å². The van der Waals surface area contributed by atoms with Crippen LogP contribution >= 0.6 is 0 Å². The molecule has 200 valence electrons. The Hall–Kier alpha value is -0.251. The number of hydrogen-bond acceptors (Lipinski definition) is 2. The normalized spacial score (nSPS) is 30.9. The zero-order chi connectivity index (χ0) is 25.7. The van der Waals surface area contributed by atoms with Gasteiger partial charge in [0.05, 0.1) is 0 Å². The van der Waals surface area contributed by atoms with Crippen molar-refractivity contribution in [2.75, 3.05) is 0 Å². The molecule has 0 radical (unpaired) electrons. The van der Waals surface area contributed by atoms with Gasteiger partial charge in [-0.3, -0.25) is 0 Å². The molecule has 0 aromatic carbocycles. The van der Waals surface area contributed by atoms with E-state index in [1.54, 1.807) is 11.1 Å². The van der Waals surface area contributed by atoms with Crippen molar-refractivity contribution in [2.24, 2.45) is 28.6 Å². The summed E-state index contributed by atoms with van der Waals surface area (Å²) in [6, 6.07) is 0. The average molecular weight is 592 g/mol. The molecular weight excluding hydrogens is 535 g/mol. The molecule has 3 rings (SSSR count). The van der Waals surface area contributed by atoms with Gasteiger partial charge in [0.15, 0.2) is 0 Å². The quantitative estimate of drug-likeness (QED) is 0.211. The van der Waals surface area contributed by atoms with Gasteiger partial charge in [-0.2, -0.15) is 0 Å². The van der Waals surface area contributed by atoms with Gasteiger partial charge >= 0.3 is 223 Å². The molecule has 2 nitrogen and oxygen atoms in total. The first-order chi connectivity index (χ1) is 16.7. The van der Waals surface area contributed by atoms with Crippen LogP contribution in [-0.2, 0) is 7.87 Å².